The Labute approximate surface area is 97.0 Å². The predicted molar refractivity (Wildman–Crippen MR) is 64.2 cm³/mol. The summed E-state index contributed by atoms with van der Waals surface area (Å²) in [7, 11) is 0. The van der Waals surface area contributed by atoms with Gasteiger partial charge in [0.2, 0.25) is 0 Å². The lowest BCUT2D eigenvalue weighted by Gasteiger charge is -2.11. The molecule has 2 aromatic heterocycles. The van der Waals surface area contributed by atoms with Crippen LogP contribution in [0.5, 0.6) is 0 Å². The SMILES string of the molecule is Nc1cncnc1NCC(O)c1ccsc1. The Morgan fingerprint density at radius 1 is 1.56 bits per heavy atom. The number of aromatic nitrogens is 2. The second-order valence-electron chi connectivity index (χ2n) is 3.28. The summed E-state index contributed by atoms with van der Waals surface area (Å²) in [4.78, 5) is 7.76. The van der Waals surface area contributed by atoms with E-state index in [2.05, 4.69) is 15.3 Å². The molecule has 0 aliphatic heterocycles. The highest BCUT2D eigenvalue weighted by atomic mass is 32.1. The number of aliphatic hydroxyl groups excluding tert-OH is 1. The summed E-state index contributed by atoms with van der Waals surface area (Å²) in [6, 6.07) is 1.89. The number of nitrogens with zero attached hydrogens (tertiary/aromatic N) is 2. The molecular formula is C10H12N4OS. The lowest BCUT2D eigenvalue weighted by Crippen LogP contribution is -2.13. The standard InChI is InChI=1S/C10H12N4OS/c11-8-3-12-6-14-10(8)13-4-9(15)7-1-2-16-5-7/h1-3,5-6,9,15H,4,11H2,(H,12,13,14). The fraction of sp³-hybridized carbons (Fsp3) is 0.200. The number of nitrogens with two attached hydrogens (primary N) is 1. The quantitative estimate of drug-likeness (QED) is 0.744. The van der Waals surface area contributed by atoms with Crippen molar-refractivity contribution in [3.05, 3.63) is 34.9 Å². The van der Waals surface area contributed by atoms with E-state index in [9.17, 15) is 5.11 Å². The summed E-state index contributed by atoms with van der Waals surface area (Å²) in [5, 5.41) is 16.6. The van der Waals surface area contributed by atoms with Crippen LogP contribution in [-0.4, -0.2) is 21.6 Å². The zero-order valence-electron chi connectivity index (χ0n) is 8.50. The van der Waals surface area contributed by atoms with Crippen LogP contribution in [0.4, 0.5) is 11.5 Å². The number of hydrogen-bond donors (Lipinski definition) is 3. The van der Waals surface area contributed by atoms with Crippen molar-refractivity contribution in [2.75, 3.05) is 17.6 Å². The Balaban J connectivity index is 1.95. The summed E-state index contributed by atoms with van der Waals surface area (Å²) in [6.07, 6.45) is 2.38. The Kier molecular flexibility index (Phi) is 3.33. The molecule has 0 amide bonds. The summed E-state index contributed by atoms with van der Waals surface area (Å²) in [5.74, 6) is 0.546. The average Bonchev–Trinajstić information content (AvgIpc) is 2.81. The summed E-state index contributed by atoms with van der Waals surface area (Å²) in [5.41, 5.74) is 7.02. The third-order valence-corrected chi connectivity index (χ3v) is 2.83. The zero-order valence-corrected chi connectivity index (χ0v) is 9.31. The van der Waals surface area contributed by atoms with Crippen LogP contribution in [0.1, 0.15) is 11.7 Å². The fourth-order valence-electron chi connectivity index (χ4n) is 1.26. The minimum atomic E-state index is -0.555. The molecule has 16 heavy (non-hydrogen) atoms. The van der Waals surface area contributed by atoms with E-state index in [4.69, 9.17) is 5.73 Å². The van der Waals surface area contributed by atoms with Gasteiger partial charge in [-0.3, -0.25) is 0 Å². The molecule has 2 rings (SSSR count). The molecule has 2 aromatic rings. The molecule has 84 valence electrons. The second kappa shape index (κ2) is 4.91. The molecule has 0 bridgehead atoms. The highest BCUT2D eigenvalue weighted by Crippen LogP contribution is 2.18. The van der Waals surface area contributed by atoms with Gasteiger partial charge >= 0.3 is 0 Å². The van der Waals surface area contributed by atoms with Crippen LogP contribution in [0, 0.1) is 0 Å². The summed E-state index contributed by atoms with van der Waals surface area (Å²) in [6.45, 7) is 0.373. The minimum Gasteiger partial charge on any atom is -0.394 e. The van der Waals surface area contributed by atoms with Crippen molar-refractivity contribution in [2.24, 2.45) is 0 Å². The smallest absolute Gasteiger partial charge is 0.152 e. The van der Waals surface area contributed by atoms with E-state index in [0.717, 1.165) is 5.56 Å². The lowest BCUT2D eigenvalue weighted by molar-refractivity contribution is 0.192. The van der Waals surface area contributed by atoms with Crippen LogP contribution >= 0.6 is 11.3 Å². The van der Waals surface area contributed by atoms with Gasteiger partial charge in [0.05, 0.1) is 18.0 Å². The van der Waals surface area contributed by atoms with Crippen LogP contribution < -0.4 is 11.1 Å². The van der Waals surface area contributed by atoms with Crippen LogP contribution in [0.2, 0.25) is 0 Å². The molecule has 0 aliphatic rings. The molecule has 0 radical (unpaired) electrons. The van der Waals surface area contributed by atoms with Crippen molar-refractivity contribution in [1.29, 1.82) is 0 Å². The first kappa shape index (κ1) is 10.8. The van der Waals surface area contributed by atoms with Gasteiger partial charge in [0, 0.05) is 6.54 Å². The Morgan fingerprint density at radius 3 is 3.12 bits per heavy atom. The fourth-order valence-corrected chi connectivity index (χ4v) is 1.97. The molecule has 0 fully saturated rings. The van der Waals surface area contributed by atoms with Gasteiger partial charge in [-0.1, -0.05) is 0 Å². The second-order valence-corrected chi connectivity index (χ2v) is 4.06. The maximum absolute atomic E-state index is 9.82. The van der Waals surface area contributed by atoms with Crippen molar-refractivity contribution in [3.8, 4) is 0 Å². The van der Waals surface area contributed by atoms with Gasteiger partial charge in [-0.15, -0.1) is 0 Å². The molecule has 0 aliphatic carbocycles. The van der Waals surface area contributed by atoms with Gasteiger partial charge in [-0.2, -0.15) is 11.3 Å². The van der Waals surface area contributed by atoms with E-state index in [0.29, 0.717) is 18.1 Å². The van der Waals surface area contributed by atoms with Gasteiger partial charge in [0.1, 0.15) is 6.33 Å². The summed E-state index contributed by atoms with van der Waals surface area (Å²) < 4.78 is 0. The van der Waals surface area contributed by atoms with Gasteiger partial charge in [0.15, 0.2) is 5.82 Å². The molecule has 1 atom stereocenters. The van der Waals surface area contributed by atoms with E-state index in [1.807, 2.05) is 16.8 Å². The van der Waals surface area contributed by atoms with Crippen molar-refractivity contribution in [1.82, 2.24) is 9.97 Å². The maximum Gasteiger partial charge on any atom is 0.152 e. The van der Waals surface area contributed by atoms with Crippen molar-refractivity contribution >= 4 is 22.8 Å². The van der Waals surface area contributed by atoms with Crippen molar-refractivity contribution in [3.63, 3.8) is 0 Å². The van der Waals surface area contributed by atoms with Crippen LogP contribution in [0.15, 0.2) is 29.4 Å². The lowest BCUT2D eigenvalue weighted by atomic mass is 10.2. The number of anilines is 2. The molecule has 6 heteroatoms. The van der Waals surface area contributed by atoms with Crippen molar-refractivity contribution in [2.45, 2.75) is 6.10 Å². The molecular weight excluding hydrogens is 224 g/mol. The Hall–Kier alpha value is -1.66. The normalized spacial score (nSPS) is 12.3. The number of thiophene rings is 1. The molecule has 1 unspecified atom stereocenters. The minimum absolute atomic E-state index is 0.373. The van der Waals surface area contributed by atoms with Crippen molar-refractivity contribution < 1.29 is 5.11 Å². The highest BCUT2D eigenvalue weighted by Gasteiger charge is 2.08. The van der Waals surface area contributed by atoms with Gasteiger partial charge in [-0.05, 0) is 22.4 Å². The van der Waals surface area contributed by atoms with E-state index in [1.165, 1.54) is 12.5 Å². The van der Waals surface area contributed by atoms with Crippen LogP contribution in [-0.2, 0) is 0 Å². The highest BCUT2D eigenvalue weighted by molar-refractivity contribution is 7.07. The summed E-state index contributed by atoms with van der Waals surface area (Å²) >= 11 is 1.55. The van der Waals surface area contributed by atoms with Gasteiger partial charge < -0.3 is 16.2 Å². The molecule has 0 spiro atoms. The third kappa shape index (κ3) is 2.47. The molecule has 2 heterocycles. The predicted octanol–water partition coefficient (Wildman–Crippen LogP) is 1.27. The van der Waals surface area contributed by atoms with E-state index in [-0.39, 0.29) is 0 Å². The number of hydrogen-bond acceptors (Lipinski definition) is 6. The molecule has 0 saturated carbocycles. The third-order valence-electron chi connectivity index (χ3n) is 2.13. The Morgan fingerprint density at radius 2 is 2.44 bits per heavy atom. The first-order chi connectivity index (χ1) is 7.77. The van der Waals surface area contributed by atoms with Gasteiger partial charge in [-0.25, -0.2) is 9.97 Å². The van der Waals surface area contributed by atoms with Gasteiger partial charge in [0.25, 0.3) is 0 Å². The first-order valence-electron chi connectivity index (χ1n) is 4.77. The van der Waals surface area contributed by atoms with E-state index < -0.39 is 6.10 Å². The monoisotopic (exact) mass is 236 g/mol. The first-order valence-corrected chi connectivity index (χ1v) is 5.71. The van der Waals surface area contributed by atoms with Crippen LogP contribution in [0.3, 0.4) is 0 Å². The number of nitrogen functional groups attached to an aromatic ring is 1. The topological polar surface area (TPSA) is 84.1 Å². The van der Waals surface area contributed by atoms with E-state index in [1.54, 1.807) is 11.3 Å². The van der Waals surface area contributed by atoms with E-state index >= 15 is 0 Å². The number of nitrogens with one attached hydrogen (secondary N) is 1. The molecule has 0 aromatic carbocycles. The molecule has 5 nitrogen and oxygen atoms in total. The number of aliphatic hydroxyl groups is 1. The average molecular weight is 236 g/mol. The van der Waals surface area contributed by atoms with Crippen LogP contribution in [0.25, 0.3) is 0 Å². The maximum atomic E-state index is 9.82. The molecule has 4 N–H and O–H groups in total. The largest absolute Gasteiger partial charge is 0.394 e. The number of rotatable bonds is 4. The Bertz CT molecular complexity index is 446. The zero-order chi connectivity index (χ0) is 11.4. The molecule has 0 saturated heterocycles.